The van der Waals surface area contributed by atoms with Gasteiger partial charge < -0.3 is 20.8 Å². The van der Waals surface area contributed by atoms with E-state index >= 15 is 0 Å². The molecule has 0 aromatic carbocycles. The fraction of sp³-hybridized carbons (Fsp3) is 0.600. The van der Waals surface area contributed by atoms with E-state index in [0.29, 0.717) is 37.6 Å². The van der Waals surface area contributed by atoms with Crippen LogP contribution < -0.4 is 16.4 Å². The van der Waals surface area contributed by atoms with Gasteiger partial charge in [-0.05, 0) is 32.9 Å². The molecule has 2 atom stereocenters. The number of aromatic nitrogens is 1. The number of hydrogen-bond acceptors (Lipinski definition) is 8. The third kappa shape index (κ3) is 6.47. The van der Waals surface area contributed by atoms with E-state index in [1.807, 2.05) is 19.9 Å². The van der Waals surface area contributed by atoms with Crippen LogP contribution >= 0.6 is 11.6 Å². The number of oxazole rings is 1. The van der Waals surface area contributed by atoms with Crippen molar-refractivity contribution in [2.75, 3.05) is 37.7 Å². The summed E-state index contributed by atoms with van der Waals surface area (Å²) in [6, 6.07) is 0.00224. The summed E-state index contributed by atoms with van der Waals surface area (Å²) in [6.45, 7) is 6.12. The third-order valence-corrected chi connectivity index (χ3v) is 7.71. The Hall–Kier alpha value is -2.08. The SMILES string of the molecule is CC(C)N/C=C/CS(=O)(=O)N1CCN(C2CC=C(Cl)C(NC(=O)c3coc(N)n3)C2)CC1. The highest BCUT2D eigenvalue weighted by Crippen LogP contribution is 2.27. The molecule has 4 N–H and O–H groups in total. The van der Waals surface area contributed by atoms with Gasteiger partial charge in [0, 0.05) is 43.3 Å². The van der Waals surface area contributed by atoms with Crippen LogP contribution in [0.3, 0.4) is 0 Å². The molecule has 1 aliphatic heterocycles. The van der Waals surface area contributed by atoms with Crippen molar-refractivity contribution in [1.82, 2.24) is 24.8 Å². The van der Waals surface area contributed by atoms with Gasteiger partial charge in [0.15, 0.2) is 5.69 Å². The van der Waals surface area contributed by atoms with Gasteiger partial charge in [-0.15, -0.1) is 0 Å². The Kier molecular flexibility index (Phi) is 8.21. The van der Waals surface area contributed by atoms with E-state index in [0.717, 1.165) is 6.42 Å². The molecule has 0 saturated carbocycles. The summed E-state index contributed by atoms with van der Waals surface area (Å²) >= 11 is 6.35. The number of carbonyl (C=O) groups is 1. The van der Waals surface area contributed by atoms with E-state index in [1.165, 1.54) is 6.26 Å². The number of nitrogens with one attached hydrogen (secondary N) is 2. The van der Waals surface area contributed by atoms with Crippen molar-refractivity contribution in [3.63, 3.8) is 0 Å². The fourth-order valence-corrected chi connectivity index (χ4v) is 5.31. The van der Waals surface area contributed by atoms with Crippen LogP contribution in [0.2, 0.25) is 0 Å². The maximum atomic E-state index is 12.6. The van der Waals surface area contributed by atoms with Crippen LogP contribution in [-0.4, -0.2) is 78.6 Å². The molecule has 1 fully saturated rings. The molecule has 0 spiro atoms. The van der Waals surface area contributed by atoms with Gasteiger partial charge in [0.05, 0.1) is 11.8 Å². The molecule has 3 rings (SSSR count). The lowest BCUT2D eigenvalue weighted by atomic mass is 9.95. The highest BCUT2D eigenvalue weighted by Gasteiger charge is 2.33. The Morgan fingerprint density at radius 3 is 2.72 bits per heavy atom. The Balaban J connectivity index is 1.52. The van der Waals surface area contributed by atoms with Crippen molar-refractivity contribution in [1.29, 1.82) is 0 Å². The molecule has 1 aromatic heterocycles. The number of nitrogen functional groups attached to an aromatic ring is 1. The minimum absolute atomic E-state index is 0.0187. The number of piperazine rings is 1. The Morgan fingerprint density at radius 2 is 2.09 bits per heavy atom. The van der Waals surface area contributed by atoms with Crippen LogP contribution in [0.5, 0.6) is 0 Å². The molecule has 12 heteroatoms. The molecule has 2 unspecified atom stereocenters. The number of halogens is 1. The quantitative estimate of drug-likeness (QED) is 0.497. The normalized spacial score (nSPS) is 23.4. The zero-order valence-electron chi connectivity index (χ0n) is 18.3. The van der Waals surface area contributed by atoms with Crippen molar-refractivity contribution >= 4 is 33.5 Å². The monoisotopic (exact) mass is 486 g/mol. The van der Waals surface area contributed by atoms with E-state index in [-0.39, 0.29) is 35.6 Å². The van der Waals surface area contributed by atoms with Gasteiger partial charge in [-0.1, -0.05) is 23.8 Å². The molecule has 0 radical (unpaired) electrons. The molecule has 1 saturated heterocycles. The van der Waals surface area contributed by atoms with E-state index in [1.54, 1.807) is 16.6 Å². The molecule has 1 aliphatic carbocycles. The number of anilines is 1. The number of nitrogens with two attached hydrogens (primary N) is 1. The average Bonchev–Trinajstić information content (AvgIpc) is 3.19. The molecule has 178 valence electrons. The van der Waals surface area contributed by atoms with Crippen molar-refractivity contribution in [3.05, 3.63) is 35.3 Å². The standard InChI is InChI=1S/C20H31ClN6O4S/c1-14(2)23-6-3-11-32(29,30)27-9-7-26(8-10-27)15-4-5-16(21)17(12-15)24-19(28)18-13-31-20(22)25-18/h3,5-6,13-15,17,23H,4,7-12H2,1-2H3,(H2,22,25)(H,24,28)/b6-3+. The molecular formula is C20H31ClN6O4S. The predicted octanol–water partition coefficient (Wildman–Crippen LogP) is 1.10. The smallest absolute Gasteiger partial charge is 0.292 e. The maximum absolute atomic E-state index is 12.6. The largest absolute Gasteiger partial charge is 0.431 e. The summed E-state index contributed by atoms with van der Waals surface area (Å²) in [5.41, 5.74) is 5.53. The second kappa shape index (κ2) is 10.7. The molecule has 1 aromatic rings. The predicted molar refractivity (Wildman–Crippen MR) is 123 cm³/mol. The maximum Gasteiger partial charge on any atom is 0.292 e. The fourth-order valence-electron chi connectivity index (χ4n) is 3.80. The van der Waals surface area contributed by atoms with E-state index < -0.39 is 15.9 Å². The average molecular weight is 487 g/mol. The number of amides is 1. The summed E-state index contributed by atoms with van der Waals surface area (Å²) in [4.78, 5) is 18.5. The third-order valence-electron chi connectivity index (χ3n) is 5.52. The summed E-state index contributed by atoms with van der Waals surface area (Å²) in [7, 11) is -3.34. The molecular weight excluding hydrogens is 456 g/mol. The minimum Gasteiger partial charge on any atom is -0.431 e. The summed E-state index contributed by atoms with van der Waals surface area (Å²) in [5, 5.41) is 6.52. The second-order valence-electron chi connectivity index (χ2n) is 8.25. The van der Waals surface area contributed by atoms with Crippen LogP contribution in [0.25, 0.3) is 0 Å². The van der Waals surface area contributed by atoms with Crippen LogP contribution in [0.4, 0.5) is 6.01 Å². The number of rotatable bonds is 8. The number of nitrogens with zero attached hydrogens (tertiary/aromatic N) is 3. The molecule has 0 bridgehead atoms. The summed E-state index contributed by atoms with van der Waals surface area (Å²) in [6.07, 6.45) is 7.83. The van der Waals surface area contributed by atoms with Gasteiger partial charge in [0.1, 0.15) is 6.26 Å². The van der Waals surface area contributed by atoms with Crippen molar-refractivity contribution in [2.45, 2.75) is 44.8 Å². The summed E-state index contributed by atoms with van der Waals surface area (Å²) in [5.74, 6) is -0.423. The van der Waals surface area contributed by atoms with Gasteiger partial charge in [0.25, 0.3) is 11.9 Å². The van der Waals surface area contributed by atoms with Crippen molar-refractivity contribution in [2.24, 2.45) is 0 Å². The van der Waals surface area contributed by atoms with Gasteiger partial charge >= 0.3 is 0 Å². The Morgan fingerprint density at radius 1 is 1.38 bits per heavy atom. The van der Waals surface area contributed by atoms with Gasteiger partial charge in [0.2, 0.25) is 10.0 Å². The first-order valence-corrected chi connectivity index (χ1v) is 12.6. The lowest BCUT2D eigenvalue weighted by Gasteiger charge is -2.41. The molecule has 32 heavy (non-hydrogen) atoms. The van der Waals surface area contributed by atoms with Crippen molar-refractivity contribution < 1.29 is 17.6 Å². The van der Waals surface area contributed by atoms with E-state index in [4.69, 9.17) is 21.8 Å². The molecule has 2 aliphatic rings. The first-order valence-electron chi connectivity index (χ1n) is 10.7. The van der Waals surface area contributed by atoms with Gasteiger partial charge in [-0.3, -0.25) is 9.69 Å². The van der Waals surface area contributed by atoms with E-state index in [9.17, 15) is 13.2 Å². The van der Waals surface area contributed by atoms with Crippen LogP contribution in [0, 0.1) is 0 Å². The zero-order chi connectivity index (χ0) is 23.3. The van der Waals surface area contributed by atoms with Crippen LogP contribution in [0.1, 0.15) is 37.2 Å². The molecule has 1 amide bonds. The topological polar surface area (TPSA) is 134 Å². The first-order chi connectivity index (χ1) is 15.2. The Bertz CT molecular complexity index is 953. The van der Waals surface area contributed by atoms with Crippen molar-refractivity contribution in [3.8, 4) is 0 Å². The highest BCUT2D eigenvalue weighted by atomic mass is 35.5. The minimum atomic E-state index is -3.34. The first kappa shape index (κ1) is 24.6. The second-order valence-corrected chi connectivity index (χ2v) is 10.7. The highest BCUT2D eigenvalue weighted by molar-refractivity contribution is 7.89. The summed E-state index contributed by atoms with van der Waals surface area (Å²) < 4.78 is 31.6. The number of carbonyl (C=O) groups excluding carboxylic acids is 1. The molecule has 2 heterocycles. The number of hydrogen-bond donors (Lipinski definition) is 3. The number of sulfonamides is 1. The van der Waals surface area contributed by atoms with Gasteiger partial charge in [-0.2, -0.15) is 9.29 Å². The lowest BCUT2D eigenvalue weighted by molar-refractivity contribution is 0.0909. The van der Waals surface area contributed by atoms with Gasteiger partial charge in [-0.25, -0.2) is 8.42 Å². The molecule has 10 nitrogen and oxygen atoms in total. The van der Waals surface area contributed by atoms with Crippen LogP contribution in [-0.2, 0) is 10.0 Å². The van der Waals surface area contributed by atoms with E-state index in [2.05, 4.69) is 20.5 Å². The Labute approximate surface area is 193 Å². The van der Waals surface area contributed by atoms with Crippen LogP contribution in [0.15, 0.2) is 34.1 Å². The lowest BCUT2D eigenvalue weighted by Crippen LogP contribution is -2.54. The zero-order valence-corrected chi connectivity index (χ0v) is 19.9.